The van der Waals surface area contributed by atoms with Crippen molar-refractivity contribution >= 4 is 28.5 Å². The molecule has 0 saturated carbocycles. The molecule has 0 unspecified atom stereocenters. The fraction of sp³-hybridized carbons (Fsp3) is 0.111. The number of nitrogens with one attached hydrogen (secondary N) is 1. The van der Waals surface area contributed by atoms with Gasteiger partial charge in [-0.2, -0.15) is 13.2 Å². The molecule has 2 aromatic rings. The number of fused-ring (bicyclic) bond motifs is 1. The molecule has 0 atom stereocenters. The van der Waals surface area contributed by atoms with Gasteiger partial charge in [0.2, 0.25) is 0 Å². The highest BCUT2D eigenvalue weighted by molar-refractivity contribution is 6.19. The molecule has 0 amide bonds. The lowest BCUT2D eigenvalue weighted by Crippen LogP contribution is -2.33. The Balaban J connectivity index is 3.11. The van der Waals surface area contributed by atoms with Gasteiger partial charge in [-0.1, -0.05) is 0 Å². The summed E-state index contributed by atoms with van der Waals surface area (Å²) in [6.45, 7) is 0. The van der Waals surface area contributed by atoms with Crippen LogP contribution in [0.5, 0.6) is 0 Å². The van der Waals surface area contributed by atoms with Gasteiger partial charge in [0, 0.05) is 11.8 Å². The highest BCUT2D eigenvalue weighted by Crippen LogP contribution is 2.39. The largest absolute Gasteiger partial charge is 0.423 e. The Morgan fingerprint density at radius 2 is 1.90 bits per heavy atom. The van der Waals surface area contributed by atoms with Crippen molar-refractivity contribution in [1.82, 2.24) is 9.07 Å². The molecule has 0 bridgehead atoms. The fourth-order valence-electron chi connectivity index (χ4n) is 1.66. The molecule has 0 radical (unpaired) electrons. The van der Waals surface area contributed by atoms with Crippen LogP contribution in [0.15, 0.2) is 21.7 Å². The van der Waals surface area contributed by atoms with E-state index in [-0.39, 0.29) is 9.60 Å². The number of nitrogens with zero attached hydrogens (tertiary/aromatic N) is 2. The molecule has 0 aliphatic rings. The maximum atomic E-state index is 12.7. The van der Waals surface area contributed by atoms with Crippen molar-refractivity contribution < 1.29 is 18.1 Å². The van der Waals surface area contributed by atoms with Crippen molar-refractivity contribution in [1.29, 1.82) is 0 Å². The fourth-order valence-corrected chi connectivity index (χ4v) is 1.91. The molecule has 7 nitrogen and oxygen atoms in total. The molecule has 0 aliphatic heterocycles. The molecule has 0 saturated heterocycles. The monoisotopic (exact) mass is 309 g/mol. The number of alkyl halides is 3. The molecule has 20 heavy (non-hydrogen) atoms. The average molecular weight is 310 g/mol. The number of nitro benzene ring substituents is 1. The van der Waals surface area contributed by atoms with Gasteiger partial charge in [-0.05, 0) is 12.1 Å². The Kier molecular flexibility index (Phi) is 3.05. The van der Waals surface area contributed by atoms with Crippen molar-refractivity contribution in [3.8, 4) is 0 Å². The Morgan fingerprint density at radius 1 is 1.30 bits per heavy atom. The number of hydrogen-bond donors (Lipinski definition) is 1. The number of hydrogen-bond acceptors (Lipinski definition) is 4. The van der Waals surface area contributed by atoms with Crippen LogP contribution in [-0.4, -0.2) is 14.0 Å². The van der Waals surface area contributed by atoms with Gasteiger partial charge in [0.05, 0.1) is 10.4 Å². The molecule has 1 N–H and O–H groups in total. The third kappa shape index (κ3) is 2.03. The predicted molar refractivity (Wildman–Crippen MR) is 61.7 cm³/mol. The van der Waals surface area contributed by atoms with Gasteiger partial charge in [0.15, 0.2) is 5.52 Å². The van der Waals surface area contributed by atoms with Gasteiger partial charge in [0.1, 0.15) is 5.56 Å². The van der Waals surface area contributed by atoms with Crippen molar-refractivity contribution in [3.63, 3.8) is 0 Å². The van der Waals surface area contributed by atoms with Crippen LogP contribution in [-0.2, 0) is 6.18 Å². The highest BCUT2D eigenvalue weighted by atomic mass is 35.5. The number of benzene rings is 1. The van der Waals surface area contributed by atoms with Gasteiger partial charge < -0.3 is 4.98 Å². The number of rotatable bonds is 1. The smallest absolute Gasteiger partial charge is 0.316 e. The summed E-state index contributed by atoms with van der Waals surface area (Å²) in [5, 5.41) is 10.9. The van der Waals surface area contributed by atoms with Crippen LogP contribution in [0.3, 0.4) is 0 Å². The molecule has 1 aromatic heterocycles. The SMILES string of the molecule is O=c1[nH]c2ccc(C(F)(F)F)c([N+](=O)[O-])c2n(Cl)c1=O. The van der Waals surface area contributed by atoms with E-state index in [2.05, 4.69) is 0 Å². The minimum Gasteiger partial charge on any atom is -0.316 e. The zero-order valence-electron chi connectivity index (χ0n) is 9.19. The number of H-pyrrole nitrogens is 1. The molecule has 11 heteroatoms. The Morgan fingerprint density at radius 3 is 2.40 bits per heavy atom. The lowest BCUT2D eigenvalue weighted by Gasteiger charge is -2.10. The van der Waals surface area contributed by atoms with Crippen LogP contribution >= 0.6 is 11.8 Å². The van der Waals surface area contributed by atoms with Gasteiger partial charge >= 0.3 is 23.0 Å². The molecule has 2 rings (SSSR count). The summed E-state index contributed by atoms with van der Waals surface area (Å²) in [5.41, 5.74) is -6.78. The minimum absolute atomic E-state index is 0.00153. The second-order valence-electron chi connectivity index (χ2n) is 3.65. The van der Waals surface area contributed by atoms with Crippen molar-refractivity contribution in [3.05, 3.63) is 48.5 Å². The van der Waals surface area contributed by atoms with E-state index in [4.69, 9.17) is 11.8 Å². The summed E-state index contributed by atoms with van der Waals surface area (Å²) >= 11 is 5.41. The van der Waals surface area contributed by atoms with E-state index in [0.717, 1.165) is 6.07 Å². The van der Waals surface area contributed by atoms with Gasteiger partial charge in [-0.15, -0.1) is 0 Å². The van der Waals surface area contributed by atoms with Crippen LogP contribution in [0, 0.1) is 10.1 Å². The lowest BCUT2D eigenvalue weighted by molar-refractivity contribution is -0.386. The van der Waals surface area contributed by atoms with E-state index < -0.39 is 39.0 Å². The Hall–Kier alpha value is -2.36. The second-order valence-corrected chi connectivity index (χ2v) is 3.99. The maximum Gasteiger partial charge on any atom is 0.423 e. The summed E-state index contributed by atoms with van der Waals surface area (Å²) in [6.07, 6.45) is -5.01. The van der Waals surface area contributed by atoms with E-state index in [1.165, 1.54) is 0 Å². The topological polar surface area (TPSA) is 98.0 Å². The standard InChI is InChI=1S/C9H3ClF3N3O4/c10-15-6-4(14-7(17)8(15)18)2-1-3(9(11,12)13)5(6)16(19)20/h1-2H,(H,14,17). The summed E-state index contributed by atoms with van der Waals surface area (Å²) in [5.74, 6) is 0. The van der Waals surface area contributed by atoms with E-state index in [1.54, 1.807) is 0 Å². The molecule has 0 spiro atoms. The first-order valence-electron chi connectivity index (χ1n) is 4.84. The molecular formula is C9H3ClF3N3O4. The van der Waals surface area contributed by atoms with Crippen LogP contribution in [0.25, 0.3) is 11.0 Å². The molecule has 1 aromatic carbocycles. The maximum absolute atomic E-state index is 12.7. The van der Waals surface area contributed by atoms with Gasteiger partial charge in [-0.25, -0.2) is 4.09 Å². The lowest BCUT2D eigenvalue weighted by atomic mass is 10.1. The van der Waals surface area contributed by atoms with E-state index in [9.17, 15) is 32.9 Å². The first kappa shape index (κ1) is 14.1. The van der Waals surface area contributed by atoms with Crippen molar-refractivity contribution in [2.75, 3.05) is 0 Å². The number of aromatic nitrogens is 2. The van der Waals surface area contributed by atoms with Crippen LogP contribution in [0.1, 0.15) is 5.56 Å². The van der Waals surface area contributed by atoms with Crippen LogP contribution in [0.4, 0.5) is 18.9 Å². The molecule has 106 valence electrons. The average Bonchev–Trinajstić information content (AvgIpc) is 2.33. The van der Waals surface area contributed by atoms with Crippen molar-refractivity contribution in [2.45, 2.75) is 6.18 Å². The zero-order chi connectivity index (χ0) is 15.2. The summed E-state index contributed by atoms with van der Waals surface area (Å²) < 4.78 is 38.2. The first-order chi connectivity index (χ1) is 9.14. The highest BCUT2D eigenvalue weighted by Gasteiger charge is 2.40. The van der Waals surface area contributed by atoms with Gasteiger partial charge in [-0.3, -0.25) is 19.7 Å². The number of nitro groups is 1. The third-order valence-corrected chi connectivity index (χ3v) is 2.78. The molecule has 0 aliphatic carbocycles. The summed E-state index contributed by atoms with van der Waals surface area (Å²) in [4.78, 5) is 33.9. The van der Waals surface area contributed by atoms with Crippen molar-refractivity contribution in [2.24, 2.45) is 0 Å². The second kappa shape index (κ2) is 4.34. The number of aromatic amines is 1. The summed E-state index contributed by atoms with van der Waals surface area (Å²) in [6, 6.07) is 1.21. The Labute approximate surface area is 111 Å². The first-order valence-corrected chi connectivity index (χ1v) is 5.18. The quantitative estimate of drug-likeness (QED) is 0.491. The number of halogens is 4. The van der Waals surface area contributed by atoms with Crippen LogP contribution < -0.4 is 11.1 Å². The van der Waals surface area contributed by atoms with Crippen LogP contribution in [0.2, 0.25) is 0 Å². The molecular weight excluding hydrogens is 307 g/mol. The predicted octanol–water partition coefficient (Wildman–Crippen LogP) is 1.62. The zero-order valence-corrected chi connectivity index (χ0v) is 9.95. The van der Waals surface area contributed by atoms with E-state index in [1.807, 2.05) is 4.98 Å². The Bertz CT molecular complexity index is 839. The van der Waals surface area contributed by atoms with E-state index >= 15 is 0 Å². The minimum atomic E-state index is -5.01. The third-order valence-electron chi connectivity index (χ3n) is 2.46. The van der Waals surface area contributed by atoms with Gasteiger partial charge in [0.25, 0.3) is 0 Å². The molecule has 1 heterocycles. The normalized spacial score (nSPS) is 11.8. The van der Waals surface area contributed by atoms with E-state index in [0.29, 0.717) is 6.07 Å². The molecule has 0 fully saturated rings. The summed E-state index contributed by atoms with van der Waals surface area (Å²) in [7, 11) is 0.